The van der Waals surface area contributed by atoms with Crippen LogP contribution in [0.3, 0.4) is 0 Å². The van der Waals surface area contributed by atoms with Crippen molar-refractivity contribution >= 4 is 11.9 Å². The van der Waals surface area contributed by atoms with Crippen molar-refractivity contribution in [2.75, 3.05) is 0 Å². The zero-order chi connectivity index (χ0) is 17.1. The zero-order valence-corrected chi connectivity index (χ0v) is 13.4. The Bertz CT molecular complexity index is 740. The van der Waals surface area contributed by atoms with E-state index < -0.39 is 12.0 Å². The molecular weight excluding hydrogens is 306 g/mol. The van der Waals surface area contributed by atoms with Gasteiger partial charge in [0.15, 0.2) is 0 Å². The first-order valence-electron chi connectivity index (χ1n) is 7.94. The minimum Gasteiger partial charge on any atom is -0.480 e. The van der Waals surface area contributed by atoms with E-state index >= 15 is 0 Å². The number of ether oxygens (including phenoxy) is 1. The average Bonchev–Trinajstić information content (AvgIpc) is 3.41. The lowest BCUT2D eigenvalue weighted by Crippen LogP contribution is -2.44. The molecule has 1 aliphatic carbocycles. The standard InChI is InChI=1S/C19H19NO4/c1-13(19(22)23)20(15-10-11-15)18(21)14-6-5-9-17(12-14)24-16-7-3-2-4-8-16/h2-9,12-13,15H,10-11H2,1H3,(H,22,23). The molecule has 1 atom stereocenters. The molecule has 2 aromatic carbocycles. The molecule has 1 unspecified atom stereocenters. The van der Waals surface area contributed by atoms with E-state index in [-0.39, 0.29) is 11.9 Å². The number of carbonyl (C=O) groups excluding carboxylic acids is 1. The van der Waals surface area contributed by atoms with Crippen molar-refractivity contribution in [2.24, 2.45) is 0 Å². The molecule has 5 heteroatoms. The predicted octanol–water partition coefficient (Wildman–Crippen LogP) is 3.56. The predicted molar refractivity (Wildman–Crippen MR) is 89.2 cm³/mol. The normalized spacial score (nSPS) is 14.7. The van der Waals surface area contributed by atoms with Crippen LogP contribution in [-0.4, -0.2) is 34.0 Å². The lowest BCUT2D eigenvalue weighted by atomic mass is 10.1. The summed E-state index contributed by atoms with van der Waals surface area (Å²) in [5.41, 5.74) is 0.434. The number of amides is 1. The number of benzene rings is 2. The highest BCUT2D eigenvalue weighted by Crippen LogP contribution is 2.31. The Labute approximate surface area is 140 Å². The van der Waals surface area contributed by atoms with Gasteiger partial charge >= 0.3 is 5.97 Å². The van der Waals surface area contributed by atoms with Crippen molar-refractivity contribution in [3.05, 3.63) is 60.2 Å². The van der Waals surface area contributed by atoms with Crippen LogP contribution in [0, 0.1) is 0 Å². The molecule has 0 spiro atoms. The SMILES string of the molecule is CC(C(=O)O)N(C(=O)c1cccc(Oc2ccccc2)c1)C1CC1. The number of carboxylic acid groups (broad SMARTS) is 1. The third-order valence-electron chi connectivity index (χ3n) is 4.01. The summed E-state index contributed by atoms with van der Waals surface area (Å²) in [6.45, 7) is 1.54. The van der Waals surface area contributed by atoms with E-state index in [4.69, 9.17) is 4.74 Å². The minimum absolute atomic E-state index is 0.0160. The number of para-hydroxylation sites is 1. The smallest absolute Gasteiger partial charge is 0.326 e. The van der Waals surface area contributed by atoms with E-state index in [0.29, 0.717) is 17.1 Å². The van der Waals surface area contributed by atoms with E-state index in [1.165, 1.54) is 4.90 Å². The van der Waals surface area contributed by atoms with Gasteiger partial charge in [-0.1, -0.05) is 24.3 Å². The van der Waals surface area contributed by atoms with Crippen molar-refractivity contribution < 1.29 is 19.4 Å². The Kier molecular flexibility index (Phi) is 4.51. The van der Waals surface area contributed by atoms with Crippen LogP contribution >= 0.6 is 0 Å². The van der Waals surface area contributed by atoms with E-state index in [0.717, 1.165) is 12.8 Å². The van der Waals surface area contributed by atoms with Gasteiger partial charge in [0.1, 0.15) is 17.5 Å². The molecule has 1 aliphatic rings. The number of rotatable bonds is 6. The summed E-state index contributed by atoms with van der Waals surface area (Å²) in [6, 6.07) is 15.3. The largest absolute Gasteiger partial charge is 0.480 e. The molecule has 0 radical (unpaired) electrons. The van der Waals surface area contributed by atoms with Gasteiger partial charge in [0, 0.05) is 11.6 Å². The van der Waals surface area contributed by atoms with Gasteiger partial charge in [-0.15, -0.1) is 0 Å². The average molecular weight is 325 g/mol. The minimum atomic E-state index is -0.994. The molecule has 0 bridgehead atoms. The second-order valence-corrected chi connectivity index (χ2v) is 5.90. The van der Waals surface area contributed by atoms with Crippen LogP contribution in [0.15, 0.2) is 54.6 Å². The number of hydrogen-bond acceptors (Lipinski definition) is 3. The van der Waals surface area contributed by atoms with Gasteiger partial charge < -0.3 is 14.7 Å². The molecule has 124 valence electrons. The number of aliphatic carboxylic acids is 1. The molecule has 24 heavy (non-hydrogen) atoms. The maximum absolute atomic E-state index is 12.8. The first kappa shape index (κ1) is 16.1. The molecule has 1 N–H and O–H groups in total. The molecule has 0 aliphatic heterocycles. The van der Waals surface area contributed by atoms with Gasteiger partial charge in [0.2, 0.25) is 0 Å². The Morgan fingerprint density at radius 2 is 1.75 bits per heavy atom. The summed E-state index contributed by atoms with van der Waals surface area (Å²) in [5, 5.41) is 9.26. The fraction of sp³-hybridized carbons (Fsp3) is 0.263. The first-order chi connectivity index (χ1) is 11.6. The lowest BCUT2D eigenvalue weighted by molar-refractivity contribution is -0.141. The van der Waals surface area contributed by atoms with Gasteiger partial charge in [-0.2, -0.15) is 0 Å². The Balaban J connectivity index is 1.82. The molecule has 1 amide bonds. The fourth-order valence-electron chi connectivity index (χ4n) is 2.60. The van der Waals surface area contributed by atoms with Crippen LogP contribution in [-0.2, 0) is 4.79 Å². The van der Waals surface area contributed by atoms with E-state index in [9.17, 15) is 14.7 Å². The highest BCUT2D eigenvalue weighted by atomic mass is 16.5. The highest BCUT2D eigenvalue weighted by Gasteiger charge is 2.38. The summed E-state index contributed by atoms with van der Waals surface area (Å²) in [4.78, 5) is 25.5. The molecule has 3 rings (SSSR count). The zero-order valence-electron chi connectivity index (χ0n) is 13.4. The second kappa shape index (κ2) is 6.74. The summed E-state index contributed by atoms with van der Waals surface area (Å²) < 4.78 is 5.75. The summed E-state index contributed by atoms with van der Waals surface area (Å²) in [7, 11) is 0. The summed E-state index contributed by atoms with van der Waals surface area (Å²) in [5.74, 6) is -0.0383. The van der Waals surface area contributed by atoms with Crippen molar-refractivity contribution in [1.82, 2.24) is 4.90 Å². The van der Waals surface area contributed by atoms with Gasteiger partial charge in [0.25, 0.3) is 5.91 Å². The third kappa shape index (κ3) is 3.56. The number of hydrogen-bond donors (Lipinski definition) is 1. The first-order valence-corrected chi connectivity index (χ1v) is 7.94. The maximum Gasteiger partial charge on any atom is 0.326 e. The van der Waals surface area contributed by atoms with Crippen molar-refractivity contribution in [3.8, 4) is 11.5 Å². The summed E-state index contributed by atoms with van der Waals surface area (Å²) >= 11 is 0. The van der Waals surface area contributed by atoms with Gasteiger partial charge in [-0.25, -0.2) is 4.79 Å². The maximum atomic E-state index is 12.8. The fourth-order valence-corrected chi connectivity index (χ4v) is 2.60. The van der Waals surface area contributed by atoms with E-state index in [1.54, 1.807) is 31.2 Å². The van der Waals surface area contributed by atoms with Crippen LogP contribution < -0.4 is 4.74 Å². The second-order valence-electron chi connectivity index (χ2n) is 5.90. The van der Waals surface area contributed by atoms with Crippen LogP contribution in [0.5, 0.6) is 11.5 Å². The molecule has 0 aromatic heterocycles. The number of nitrogens with zero attached hydrogens (tertiary/aromatic N) is 1. The van der Waals surface area contributed by atoms with Crippen LogP contribution in [0.2, 0.25) is 0 Å². The lowest BCUT2D eigenvalue weighted by Gasteiger charge is -2.26. The van der Waals surface area contributed by atoms with Crippen LogP contribution in [0.25, 0.3) is 0 Å². The number of carbonyl (C=O) groups is 2. The molecule has 5 nitrogen and oxygen atoms in total. The van der Waals surface area contributed by atoms with Crippen molar-refractivity contribution in [2.45, 2.75) is 31.8 Å². The molecule has 2 aromatic rings. The van der Waals surface area contributed by atoms with Gasteiger partial charge in [-0.05, 0) is 50.1 Å². The monoisotopic (exact) mass is 325 g/mol. The van der Waals surface area contributed by atoms with Crippen LogP contribution in [0.1, 0.15) is 30.1 Å². The van der Waals surface area contributed by atoms with Crippen molar-refractivity contribution in [3.63, 3.8) is 0 Å². The molecule has 1 saturated carbocycles. The molecular formula is C19H19NO4. The molecule has 0 heterocycles. The topological polar surface area (TPSA) is 66.8 Å². The summed E-state index contributed by atoms with van der Waals surface area (Å²) in [6.07, 6.45) is 1.70. The Morgan fingerprint density at radius 3 is 2.38 bits per heavy atom. The van der Waals surface area contributed by atoms with Gasteiger partial charge in [-0.3, -0.25) is 4.79 Å². The quantitative estimate of drug-likeness (QED) is 0.882. The van der Waals surface area contributed by atoms with Crippen LogP contribution in [0.4, 0.5) is 0 Å². The van der Waals surface area contributed by atoms with E-state index in [2.05, 4.69) is 0 Å². The number of carboxylic acids is 1. The Hall–Kier alpha value is -2.82. The third-order valence-corrected chi connectivity index (χ3v) is 4.01. The van der Waals surface area contributed by atoms with Crippen molar-refractivity contribution in [1.29, 1.82) is 0 Å². The Morgan fingerprint density at radius 1 is 1.08 bits per heavy atom. The van der Waals surface area contributed by atoms with Gasteiger partial charge in [0.05, 0.1) is 0 Å². The molecule has 0 saturated heterocycles. The molecule has 1 fully saturated rings. The van der Waals surface area contributed by atoms with E-state index in [1.807, 2.05) is 30.3 Å². The highest BCUT2D eigenvalue weighted by molar-refractivity contribution is 5.97.